The van der Waals surface area contributed by atoms with Gasteiger partial charge in [-0.2, -0.15) is 12.7 Å². The number of ether oxygens (including phenoxy) is 4. The molecule has 2 bridgehead atoms. The van der Waals surface area contributed by atoms with Crippen LogP contribution in [-0.2, 0) is 43.5 Å². The van der Waals surface area contributed by atoms with Gasteiger partial charge >= 0.3 is 22.4 Å². The van der Waals surface area contributed by atoms with E-state index in [0.717, 1.165) is 10.4 Å². The lowest BCUT2D eigenvalue weighted by molar-refractivity contribution is -0.120. The number of amides is 3. The first kappa shape index (κ1) is 42.6. The number of rotatable bonds is 9. The molecule has 282 valence electrons. The van der Waals surface area contributed by atoms with Gasteiger partial charge in [-0.05, 0) is 38.2 Å². The first-order valence-corrected chi connectivity index (χ1v) is 17.5. The highest BCUT2D eigenvalue weighted by Gasteiger charge is 2.36. The summed E-state index contributed by atoms with van der Waals surface area (Å²) >= 11 is 0. The zero-order chi connectivity index (χ0) is 38.6. The molecule has 0 radical (unpaired) electrons. The molecule has 51 heavy (non-hydrogen) atoms. The number of Topliss-reactive ketones (excluding diaryl/α,β-unsaturated/α-hetero) is 1. The number of nitrogens with two attached hydrogens (primary N) is 1. The molecule has 1 aliphatic heterocycles. The van der Waals surface area contributed by atoms with Crippen LogP contribution >= 0.6 is 0 Å². The maximum atomic E-state index is 13.8. The number of nitrogens with one attached hydrogen (secondary N) is 3. The number of primary amides is 1. The summed E-state index contributed by atoms with van der Waals surface area (Å²) in [5.74, 6) is -2.86. The number of allylic oxidation sites excluding steroid dienone is 4. The van der Waals surface area contributed by atoms with E-state index in [-0.39, 0.29) is 41.9 Å². The van der Waals surface area contributed by atoms with Crippen LogP contribution in [0.4, 0.5) is 9.59 Å². The quantitative estimate of drug-likeness (QED) is 0.198. The molecular weight excluding hydrogens is 686 g/mol. The number of ketones is 2. The van der Waals surface area contributed by atoms with Crippen LogP contribution < -0.4 is 21.1 Å². The zero-order valence-corrected chi connectivity index (χ0v) is 31.0. The summed E-state index contributed by atoms with van der Waals surface area (Å²) in [7, 11) is 0.984. The van der Waals surface area contributed by atoms with Crippen LogP contribution in [0.1, 0.15) is 40.5 Å². The van der Waals surface area contributed by atoms with E-state index in [1.165, 1.54) is 59.5 Å². The molecule has 0 fully saturated rings. The maximum absolute atomic E-state index is 13.8. The summed E-state index contributed by atoms with van der Waals surface area (Å²) in [4.78, 5) is 65.1. The van der Waals surface area contributed by atoms with Crippen LogP contribution in [0.15, 0.2) is 71.1 Å². The third-order valence-corrected chi connectivity index (χ3v) is 9.50. The van der Waals surface area contributed by atoms with Crippen molar-refractivity contribution < 1.29 is 51.3 Å². The first-order valence-electron chi connectivity index (χ1n) is 16.0. The minimum Gasteiger partial charge on any atom is -0.442 e. The van der Waals surface area contributed by atoms with Crippen molar-refractivity contribution in [1.82, 2.24) is 19.7 Å². The number of methoxy groups -OCH3 is 2. The number of nitrogens with zero attached hydrogens (tertiary/aromatic N) is 1. The van der Waals surface area contributed by atoms with Crippen molar-refractivity contribution in [2.75, 3.05) is 34.9 Å². The Morgan fingerprint density at radius 2 is 1.78 bits per heavy atom. The maximum Gasteiger partial charge on any atom is 0.422 e. The van der Waals surface area contributed by atoms with Gasteiger partial charge in [0.1, 0.15) is 12.2 Å². The Hall–Kier alpha value is -4.58. The smallest absolute Gasteiger partial charge is 0.422 e. The van der Waals surface area contributed by atoms with Crippen LogP contribution in [-0.4, -0.2) is 102 Å². The molecular formula is C34H49N5O11S. The fourth-order valence-electron chi connectivity index (χ4n) is 5.47. The molecule has 1 aliphatic carbocycles. The largest absolute Gasteiger partial charge is 0.442 e. The monoisotopic (exact) mass is 735 g/mol. The Morgan fingerprint density at radius 1 is 1.12 bits per heavy atom. The fourth-order valence-corrected chi connectivity index (χ4v) is 5.91. The van der Waals surface area contributed by atoms with E-state index in [1.807, 2.05) is 4.72 Å². The average molecular weight is 736 g/mol. The van der Waals surface area contributed by atoms with Gasteiger partial charge in [0.15, 0.2) is 6.10 Å². The lowest BCUT2D eigenvalue weighted by Crippen LogP contribution is -2.45. The molecule has 16 nitrogen and oxygen atoms in total. The molecule has 2 unspecified atom stereocenters. The molecule has 0 saturated heterocycles. The first-order chi connectivity index (χ1) is 23.9. The Morgan fingerprint density at radius 3 is 2.35 bits per heavy atom. The summed E-state index contributed by atoms with van der Waals surface area (Å²) in [5.41, 5.74) is 5.97. The van der Waals surface area contributed by atoms with Crippen LogP contribution in [0.2, 0.25) is 0 Å². The molecule has 5 N–H and O–H groups in total. The van der Waals surface area contributed by atoms with Gasteiger partial charge in [0.2, 0.25) is 11.6 Å². The zero-order valence-electron chi connectivity index (χ0n) is 30.2. The summed E-state index contributed by atoms with van der Waals surface area (Å²) in [5, 5.41) is 5.46. The Balaban J connectivity index is 2.78. The second kappa shape index (κ2) is 19.1. The fraction of sp³-hybridized carbons (Fsp3) is 0.500. The van der Waals surface area contributed by atoms with Crippen molar-refractivity contribution in [1.29, 1.82) is 0 Å². The number of fused-ring (bicyclic) bond motifs is 2. The van der Waals surface area contributed by atoms with E-state index in [1.54, 1.807) is 26.8 Å². The highest BCUT2D eigenvalue weighted by molar-refractivity contribution is 7.87. The van der Waals surface area contributed by atoms with Crippen molar-refractivity contribution in [2.45, 2.75) is 65.0 Å². The van der Waals surface area contributed by atoms with E-state index in [9.17, 15) is 32.4 Å². The second-order valence-corrected chi connectivity index (χ2v) is 14.3. The molecule has 17 heteroatoms. The highest BCUT2D eigenvalue weighted by atomic mass is 32.2. The summed E-state index contributed by atoms with van der Waals surface area (Å²) in [6.07, 6.45) is 2.42. The van der Waals surface area contributed by atoms with Gasteiger partial charge in [0.25, 0.3) is 5.91 Å². The van der Waals surface area contributed by atoms with Crippen molar-refractivity contribution in [3.05, 3.63) is 71.1 Å². The lowest BCUT2D eigenvalue weighted by Gasteiger charge is -2.32. The molecule has 1 heterocycles. The van der Waals surface area contributed by atoms with E-state index in [2.05, 4.69) is 17.2 Å². The molecule has 2 aliphatic rings. The molecule has 0 saturated carbocycles. The third kappa shape index (κ3) is 12.0. The summed E-state index contributed by atoms with van der Waals surface area (Å²) in [6, 6.07) is 0. The molecule has 0 spiro atoms. The van der Waals surface area contributed by atoms with Crippen molar-refractivity contribution in [3.8, 4) is 0 Å². The van der Waals surface area contributed by atoms with Crippen molar-refractivity contribution in [2.24, 2.45) is 17.6 Å². The average Bonchev–Trinajstić information content (AvgIpc) is 3.04. The number of hydrogen-bond acceptors (Lipinski definition) is 12. The van der Waals surface area contributed by atoms with E-state index < -0.39 is 76.1 Å². The Bertz CT molecular complexity index is 1630. The van der Waals surface area contributed by atoms with Crippen LogP contribution in [0.5, 0.6) is 0 Å². The van der Waals surface area contributed by atoms with Gasteiger partial charge in [0.05, 0.1) is 17.5 Å². The second-order valence-electron chi connectivity index (χ2n) is 12.4. The number of carbonyl (C=O) groups is 5. The van der Waals surface area contributed by atoms with Gasteiger partial charge < -0.3 is 35.3 Å². The lowest BCUT2D eigenvalue weighted by atomic mass is 9.85. The van der Waals surface area contributed by atoms with Gasteiger partial charge in [-0.1, -0.05) is 44.2 Å². The topological polar surface area (TPSA) is 222 Å². The molecule has 2 rings (SSSR count). The van der Waals surface area contributed by atoms with Gasteiger partial charge in [0, 0.05) is 58.0 Å². The number of carbonyl (C=O) groups excluding carboxylic acids is 5. The van der Waals surface area contributed by atoms with Crippen LogP contribution in [0.3, 0.4) is 0 Å². The third-order valence-electron chi connectivity index (χ3n) is 8.12. The molecule has 0 aromatic rings. The van der Waals surface area contributed by atoms with Crippen molar-refractivity contribution in [3.63, 3.8) is 0 Å². The Kier molecular flexibility index (Phi) is 16.0. The predicted octanol–water partition coefficient (Wildman–Crippen LogP) is 2.08. The van der Waals surface area contributed by atoms with Crippen LogP contribution in [0, 0.1) is 11.8 Å². The SMILES string of the molecule is C=CCNC1=C2C[C@@H](C)C[C@H](OC)C(OC(=O)NS(=O)(=O)N(C)C)[C@@H](C)/C=C(\C)[C@H](OC(N)=O)C(OC)/C=C\C=C(/C)C(=O)NC(=CC1=O)C2=O. The van der Waals surface area contributed by atoms with E-state index in [4.69, 9.17) is 24.7 Å². The highest BCUT2D eigenvalue weighted by Crippen LogP contribution is 2.30. The predicted molar refractivity (Wildman–Crippen MR) is 188 cm³/mol. The summed E-state index contributed by atoms with van der Waals surface area (Å²) in [6.45, 7) is 10.5. The molecule has 0 aromatic heterocycles. The molecule has 3 amide bonds. The van der Waals surface area contributed by atoms with E-state index >= 15 is 0 Å². The van der Waals surface area contributed by atoms with Gasteiger partial charge in [-0.15, -0.1) is 6.58 Å². The summed E-state index contributed by atoms with van der Waals surface area (Å²) < 4.78 is 50.0. The Labute approximate surface area is 299 Å². The van der Waals surface area contributed by atoms with E-state index in [0.29, 0.717) is 5.57 Å². The van der Waals surface area contributed by atoms with Gasteiger partial charge in [-0.25, -0.2) is 14.3 Å². The van der Waals surface area contributed by atoms with Gasteiger partial charge in [-0.3, -0.25) is 14.4 Å². The molecule has 0 aromatic carbocycles. The molecule has 6 atom stereocenters. The minimum absolute atomic E-state index is 0.0376. The number of hydrogen-bond donors (Lipinski definition) is 4. The van der Waals surface area contributed by atoms with Crippen molar-refractivity contribution >= 4 is 39.9 Å². The normalized spacial score (nSPS) is 28.3. The minimum atomic E-state index is -4.23. The van der Waals surface area contributed by atoms with Crippen LogP contribution in [0.25, 0.3) is 0 Å². The standard InChI is InChI=1S/C34H49N5O11S/c1-10-14-36-28-23-15-19(2)16-27(48-9)31(50-34(44)38-51(45,46)39(6)7)22(5)17-21(4)30(49-33(35)43)26(47-8)13-11-12-20(3)32(42)37-24(29(23)41)18-25(28)40/h10-13,17-19,22,26-27,30-31,36H,1,14-16H2,2-9H3,(H2,35,43)(H,37,42)(H,38,44)/b13-11-,20-12+,21-17+/t19-,22+,26?,27+,30+,31?/m1/s1.